The third-order valence-corrected chi connectivity index (χ3v) is 9.56. The topological polar surface area (TPSA) is 38.8 Å². The molecular weight excluding hydrogens is 294 g/mol. The van der Waals surface area contributed by atoms with Crippen LogP contribution in [0.3, 0.4) is 0 Å². The van der Waals surface area contributed by atoms with E-state index in [9.17, 15) is 4.79 Å². The first-order valence-electron chi connectivity index (χ1n) is 8.27. The summed E-state index contributed by atoms with van der Waals surface area (Å²) < 4.78 is 11.8. The summed E-state index contributed by atoms with van der Waals surface area (Å²) in [5.74, 6) is 0.191. The number of likely N-dealkylation sites (tertiary alicyclic amines) is 1. The van der Waals surface area contributed by atoms with E-state index in [0.29, 0.717) is 13.2 Å². The zero-order valence-electron chi connectivity index (χ0n) is 15.9. The Labute approximate surface area is 137 Å². The highest BCUT2D eigenvalue weighted by molar-refractivity contribution is 6.74. The lowest BCUT2D eigenvalue weighted by atomic mass is 9.94. The standard InChI is InChI=1S/C17H35NO3Si/c1-16(2,3)15(19)18-11-14(20-7)10-13(18)12-21-22(8,9)17(4,5)6/h13-14H,10-12H2,1-9H3/t13-,14+/m0/s1. The van der Waals surface area contributed by atoms with E-state index in [2.05, 4.69) is 33.9 Å². The SMILES string of the molecule is CO[C@@H]1C[C@@H](CO[Si](C)(C)C(C)(C)C)N(C(=O)C(C)(C)C)C1. The van der Waals surface area contributed by atoms with Gasteiger partial charge in [0.15, 0.2) is 8.32 Å². The Bertz CT molecular complexity index is 396. The fourth-order valence-corrected chi connectivity index (χ4v) is 3.45. The third-order valence-electron chi connectivity index (χ3n) is 5.05. The van der Waals surface area contributed by atoms with Crippen molar-refractivity contribution in [1.29, 1.82) is 0 Å². The molecule has 0 spiro atoms. The van der Waals surface area contributed by atoms with Crippen molar-refractivity contribution in [2.75, 3.05) is 20.3 Å². The Morgan fingerprint density at radius 2 is 1.73 bits per heavy atom. The Morgan fingerprint density at radius 1 is 1.18 bits per heavy atom. The van der Waals surface area contributed by atoms with Crippen LogP contribution in [0.1, 0.15) is 48.0 Å². The molecule has 130 valence electrons. The van der Waals surface area contributed by atoms with E-state index in [-0.39, 0.29) is 28.5 Å². The van der Waals surface area contributed by atoms with E-state index in [1.807, 2.05) is 25.7 Å². The zero-order chi connectivity index (χ0) is 17.3. The quantitative estimate of drug-likeness (QED) is 0.739. The first-order valence-corrected chi connectivity index (χ1v) is 11.2. The number of carbonyl (C=O) groups excluding carboxylic acids is 1. The number of nitrogens with zero attached hydrogens (tertiary/aromatic N) is 1. The van der Waals surface area contributed by atoms with E-state index < -0.39 is 8.32 Å². The summed E-state index contributed by atoms with van der Waals surface area (Å²) in [6.07, 6.45) is 0.992. The van der Waals surface area contributed by atoms with Crippen LogP contribution >= 0.6 is 0 Å². The largest absolute Gasteiger partial charge is 0.415 e. The Hall–Kier alpha value is -0.393. The van der Waals surface area contributed by atoms with Crippen molar-refractivity contribution in [2.24, 2.45) is 5.41 Å². The van der Waals surface area contributed by atoms with Gasteiger partial charge in [0, 0.05) is 19.1 Å². The first-order chi connectivity index (χ1) is 9.79. The lowest BCUT2D eigenvalue weighted by Crippen LogP contribution is -2.48. The van der Waals surface area contributed by atoms with Gasteiger partial charge in [-0.2, -0.15) is 0 Å². The molecule has 2 atom stereocenters. The van der Waals surface area contributed by atoms with Crippen molar-refractivity contribution in [2.45, 2.75) is 78.2 Å². The van der Waals surface area contributed by atoms with Gasteiger partial charge in [-0.15, -0.1) is 0 Å². The highest BCUT2D eigenvalue weighted by atomic mass is 28.4. The molecule has 0 radical (unpaired) electrons. The second kappa shape index (κ2) is 6.61. The number of methoxy groups -OCH3 is 1. The van der Waals surface area contributed by atoms with Gasteiger partial charge in [-0.3, -0.25) is 4.79 Å². The fourth-order valence-electron chi connectivity index (χ4n) is 2.40. The van der Waals surface area contributed by atoms with Gasteiger partial charge in [0.25, 0.3) is 0 Å². The molecule has 0 aromatic carbocycles. The number of amides is 1. The monoisotopic (exact) mass is 329 g/mol. The van der Waals surface area contributed by atoms with Gasteiger partial charge >= 0.3 is 0 Å². The minimum Gasteiger partial charge on any atom is -0.415 e. The number of hydrogen-bond donors (Lipinski definition) is 0. The zero-order valence-corrected chi connectivity index (χ0v) is 16.9. The van der Waals surface area contributed by atoms with Crippen molar-refractivity contribution in [1.82, 2.24) is 4.90 Å². The first kappa shape index (κ1) is 19.7. The summed E-state index contributed by atoms with van der Waals surface area (Å²) in [5, 5.41) is 0.186. The summed E-state index contributed by atoms with van der Waals surface area (Å²) in [6.45, 7) is 18.5. The van der Waals surface area contributed by atoms with Gasteiger partial charge in [-0.05, 0) is 24.6 Å². The molecule has 0 unspecified atom stereocenters. The van der Waals surface area contributed by atoms with Gasteiger partial charge < -0.3 is 14.1 Å². The number of rotatable bonds is 4. The van der Waals surface area contributed by atoms with Crippen LogP contribution in [0.15, 0.2) is 0 Å². The molecule has 5 heteroatoms. The normalized spacial score (nSPS) is 24.0. The summed E-state index contributed by atoms with van der Waals surface area (Å²) in [5.41, 5.74) is -0.363. The number of carbonyl (C=O) groups is 1. The molecule has 1 amide bonds. The van der Waals surface area contributed by atoms with Crippen LogP contribution < -0.4 is 0 Å². The Morgan fingerprint density at radius 3 is 2.14 bits per heavy atom. The Kier molecular flexibility index (Phi) is 5.91. The molecule has 1 aliphatic heterocycles. The van der Waals surface area contributed by atoms with E-state index in [4.69, 9.17) is 9.16 Å². The van der Waals surface area contributed by atoms with Gasteiger partial charge in [-0.1, -0.05) is 41.5 Å². The van der Waals surface area contributed by atoms with Crippen LogP contribution in [-0.4, -0.2) is 51.5 Å². The maximum atomic E-state index is 12.7. The lowest BCUT2D eigenvalue weighted by molar-refractivity contribution is -0.141. The summed E-state index contributed by atoms with van der Waals surface area (Å²) in [7, 11) is -0.0700. The van der Waals surface area contributed by atoms with E-state index in [1.54, 1.807) is 7.11 Å². The van der Waals surface area contributed by atoms with E-state index in [1.165, 1.54) is 0 Å². The fraction of sp³-hybridized carbons (Fsp3) is 0.941. The third kappa shape index (κ3) is 4.55. The Balaban J connectivity index is 2.80. The maximum Gasteiger partial charge on any atom is 0.228 e. The van der Waals surface area contributed by atoms with Gasteiger partial charge in [0.05, 0.1) is 18.8 Å². The van der Waals surface area contributed by atoms with Crippen LogP contribution in [-0.2, 0) is 14.0 Å². The average molecular weight is 330 g/mol. The molecule has 0 aromatic heterocycles. The summed E-state index contributed by atoms with van der Waals surface area (Å²) >= 11 is 0. The van der Waals surface area contributed by atoms with Crippen LogP contribution in [0.5, 0.6) is 0 Å². The van der Waals surface area contributed by atoms with Crippen LogP contribution in [0.2, 0.25) is 18.1 Å². The smallest absolute Gasteiger partial charge is 0.228 e. The predicted octanol–water partition coefficient (Wildman–Crippen LogP) is 3.67. The molecular formula is C17H35NO3Si. The van der Waals surface area contributed by atoms with E-state index in [0.717, 1.165) is 6.42 Å². The van der Waals surface area contributed by atoms with Crippen molar-refractivity contribution in [3.8, 4) is 0 Å². The molecule has 0 aromatic rings. The highest BCUT2D eigenvalue weighted by Gasteiger charge is 2.42. The van der Waals surface area contributed by atoms with Crippen LogP contribution in [0.25, 0.3) is 0 Å². The molecule has 1 heterocycles. The second-order valence-electron chi connectivity index (χ2n) is 9.03. The van der Waals surface area contributed by atoms with Crippen molar-refractivity contribution in [3.05, 3.63) is 0 Å². The minimum atomic E-state index is -1.79. The van der Waals surface area contributed by atoms with Gasteiger partial charge in [0.2, 0.25) is 5.91 Å². The molecule has 0 N–H and O–H groups in total. The molecule has 0 saturated carbocycles. The van der Waals surface area contributed by atoms with Crippen molar-refractivity contribution < 1.29 is 14.0 Å². The molecule has 0 bridgehead atoms. The van der Waals surface area contributed by atoms with Gasteiger partial charge in [-0.25, -0.2) is 0 Å². The molecule has 4 nitrogen and oxygen atoms in total. The molecule has 1 fully saturated rings. The molecule has 0 aliphatic carbocycles. The van der Waals surface area contributed by atoms with Crippen molar-refractivity contribution in [3.63, 3.8) is 0 Å². The van der Waals surface area contributed by atoms with E-state index >= 15 is 0 Å². The van der Waals surface area contributed by atoms with Crippen molar-refractivity contribution >= 4 is 14.2 Å². The number of hydrogen-bond acceptors (Lipinski definition) is 3. The molecule has 22 heavy (non-hydrogen) atoms. The molecule has 1 aliphatic rings. The van der Waals surface area contributed by atoms with Crippen LogP contribution in [0, 0.1) is 5.41 Å². The molecule has 1 rings (SSSR count). The predicted molar refractivity (Wildman–Crippen MR) is 93.5 cm³/mol. The van der Waals surface area contributed by atoms with Crippen LogP contribution in [0.4, 0.5) is 0 Å². The summed E-state index contributed by atoms with van der Waals surface area (Å²) in [4.78, 5) is 14.7. The second-order valence-corrected chi connectivity index (χ2v) is 13.8. The summed E-state index contributed by atoms with van der Waals surface area (Å²) in [6, 6.07) is 0.130. The lowest BCUT2D eigenvalue weighted by Gasteiger charge is -2.38. The van der Waals surface area contributed by atoms with Gasteiger partial charge in [0.1, 0.15) is 0 Å². The minimum absolute atomic E-state index is 0.124. The highest BCUT2D eigenvalue weighted by Crippen LogP contribution is 2.37. The maximum absolute atomic E-state index is 12.7. The molecule has 1 saturated heterocycles. The number of ether oxygens (including phenoxy) is 1. The average Bonchev–Trinajstić information content (AvgIpc) is 2.76.